The topological polar surface area (TPSA) is 39.9 Å². The Labute approximate surface area is 120 Å². The van der Waals surface area contributed by atoms with Crippen LogP contribution in [0.5, 0.6) is 0 Å². The van der Waals surface area contributed by atoms with Crippen molar-refractivity contribution in [1.82, 2.24) is 4.98 Å². The fourth-order valence-electron chi connectivity index (χ4n) is 1.96. The molecule has 0 saturated carbocycles. The molecule has 6 heteroatoms. The van der Waals surface area contributed by atoms with Gasteiger partial charge in [0.15, 0.2) is 0 Å². The highest BCUT2D eigenvalue weighted by Crippen LogP contribution is 2.34. The number of aromatic nitrogens is 1. The van der Waals surface area contributed by atoms with Crippen LogP contribution in [-0.4, -0.2) is 12.0 Å². The second-order valence-corrected chi connectivity index (χ2v) is 4.55. The maximum atomic E-state index is 12.9. The number of nitriles is 1. The molecule has 0 radical (unpaired) electrons. The highest BCUT2D eigenvalue weighted by molar-refractivity contribution is 5.54. The standard InChI is InChI=1S/C15H12F3N3/c1-21(10-11-4-6-20-7-5-11)13-3-2-12(9-19)14(8-13)15(16,17)18/h2-8H,10H2,1H3. The number of anilines is 1. The van der Waals surface area contributed by atoms with E-state index in [4.69, 9.17) is 5.26 Å². The zero-order valence-electron chi connectivity index (χ0n) is 11.2. The normalized spacial score (nSPS) is 11.0. The van der Waals surface area contributed by atoms with Crippen LogP contribution in [0.1, 0.15) is 16.7 Å². The second-order valence-electron chi connectivity index (χ2n) is 4.55. The Morgan fingerprint density at radius 2 is 1.86 bits per heavy atom. The molecule has 1 aromatic heterocycles. The van der Waals surface area contributed by atoms with E-state index in [1.165, 1.54) is 12.1 Å². The first kappa shape index (κ1) is 14.9. The summed E-state index contributed by atoms with van der Waals surface area (Å²) in [6.45, 7) is 0.450. The van der Waals surface area contributed by atoms with E-state index in [9.17, 15) is 13.2 Å². The quantitative estimate of drug-likeness (QED) is 0.867. The van der Waals surface area contributed by atoms with Crippen LogP contribution in [0.25, 0.3) is 0 Å². The van der Waals surface area contributed by atoms with E-state index in [2.05, 4.69) is 4.98 Å². The van der Waals surface area contributed by atoms with Crippen molar-refractivity contribution in [2.45, 2.75) is 12.7 Å². The smallest absolute Gasteiger partial charge is 0.370 e. The Bertz CT molecular complexity index is 660. The van der Waals surface area contributed by atoms with Gasteiger partial charge in [-0.3, -0.25) is 4.98 Å². The molecule has 0 aliphatic rings. The molecule has 0 atom stereocenters. The molecule has 0 aliphatic carbocycles. The lowest BCUT2D eigenvalue weighted by atomic mass is 10.1. The Kier molecular flexibility index (Phi) is 4.13. The van der Waals surface area contributed by atoms with Crippen LogP contribution >= 0.6 is 0 Å². The van der Waals surface area contributed by atoms with E-state index in [0.717, 1.165) is 11.6 Å². The highest BCUT2D eigenvalue weighted by Gasteiger charge is 2.34. The van der Waals surface area contributed by atoms with Gasteiger partial charge in [0.25, 0.3) is 0 Å². The van der Waals surface area contributed by atoms with Gasteiger partial charge in [-0.1, -0.05) is 0 Å². The molecule has 1 heterocycles. The molecule has 0 bridgehead atoms. The summed E-state index contributed by atoms with van der Waals surface area (Å²) in [4.78, 5) is 5.58. The molecule has 2 rings (SSSR count). The van der Waals surface area contributed by atoms with Crippen molar-refractivity contribution in [3.05, 3.63) is 59.4 Å². The molecule has 21 heavy (non-hydrogen) atoms. The van der Waals surface area contributed by atoms with E-state index in [0.29, 0.717) is 12.2 Å². The van der Waals surface area contributed by atoms with Crippen molar-refractivity contribution < 1.29 is 13.2 Å². The van der Waals surface area contributed by atoms with Gasteiger partial charge in [0, 0.05) is 31.7 Å². The van der Waals surface area contributed by atoms with Gasteiger partial charge in [0.1, 0.15) is 0 Å². The number of pyridine rings is 1. The van der Waals surface area contributed by atoms with Crippen LogP contribution < -0.4 is 4.90 Å². The molecule has 0 amide bonds. The molecule has 3 nitrogen and oxygen atoms in total. The van der Waals surface area contributed by atoms with Gasteiger partial charge >= 0.3 is 6.18 Å². The SMILES string of the molecule is CN(Cc1ccncc1)c1ccc(C#N)c(C(F)(F)F)c1. The average molecular weight is 291 g/mol. The highest BCUT2D eigenvalue weighted by atomic mass is 19.4. The van der Waals surface area contributed by atoms with E-state index in [-0.39, 0.29) is 5.56 Å². The lowest BCUT2D eigenvalue weighted by Crippen LogP contribution is -2.18. The van der Waals surface area contributed by atoms with Crippen LogP contribution in [-0.2, 0) is 12.7 Å². The summed E-state index contributed by atoms with van der Waals surface area (Å²) in [5.74, 6) is 0. The first-order chi connectivity index (χ1) is 9.91. The Balaban J connectivity index is 2.30. The van der Waals surface area contributed by atoms with Gasteiger partial charge in [-0.05, 0) is 35.9 Å². The first-order valence-corrected chi connectivity index (χ1v) is 6.13. The number of benzene rings is 1. The summed E-state index contributed by atoms with van der Waals surface area (Å²) < 4.78 is 38.8. The van der Waals surface area contributed by atoms with Crippen LogP contribution in [0.2, 0.25) is 0 Å². The van der Waals surface area contributed by atoms with Crippen LogP contribution in [0.3, 0.4) is 0 Å². The minimum Gasteiger partial charge on any atom is -0.370 e. The van der Waals surface area contributed by atoms with Gasteiger partial charge < -0.3 is 4.90 Å². The molecule has 0 aliphatic heterocycles. The van der Waals surface area contributed by atoms with Crippen molar-refractivity contribution in [1.29, 1.82) is 5.26 Å². The van der Waals surface area contributed by atoms with Gasteiger partial charge in [0.05, 0.1) is 17.2 Å². The molecule has 0 N–H and O–H groups in total. The largest absolute Gasteiger partial charge is 0.417 e. The van der Waals surface area contributed by atoms with Crippen molar-refractivity contribution in [3.8, 4) is 6.07 Å². The third-order valence-electron chi connectivity index (χ3n) is 3.04. The summed E-state index contributed by atoms with van der Waals surface area (Å²) in [7, 11) is 1.70. The predicted molar refractivity (Wildman–Crippen MR) is 72.5 cm³/mol. The van der Waals surface area contributed by atoms with Crippen molar-refractivity contribution in [2.75, 3.05) is 11.9 Å². The maximum Gasteiger partial charge on any atom is 0.417 e. The molecule has 0 unspecified atom stereocenters. The van der Waals surface area contributed by atoms with Gasteiger partial charge in [0.2, 0.25) is 0 Å². The molecule has 2 aromatic rings. The van der Waals surface area contributed by atoms with Crippen LogP contribution in [0.15, 0.2) is 42.7 Å². The zero-order chi connectivity index (χ0) is 15.5. The lowest BCUT2D eigenvalue weighted by Gasteiger charge is -2.21. The lowest BCUT2D eigenvalue weighted by molar-refractivity contribution is -0.137. The van der Waals surface area contributed by atoms with Gasteiger partial charge in [-0.25, -0.2) is 0 Å². The number of hydrogen-bond acceptors (Lipinski definition) is 3. The monoisotopic (exact) mass is 291 g/mol. The van der Waals surface area contributed by atoms with Crippen LogP contribution in [0, 0.1) is 11.3 Å². The Hall–Kier alpha value is -2.55. The predicted octanol–water partition coefficient (Wildman–Crippen LogP) is 3.61. The number of hydrogen-bond donors (Lipinski definition) is 0. The summed E-state index contributed by atoms with van der Waals surface area (Å²) in [5, 5.41) is 8.78. The van der Waals surface area contributed by atoms with Crippen molar-refractivity contribution in [3.63, 3.8) is 0 Å². The first-order valence-electron chi connectivity index (χ1n) is 6.13. The zero-order valence-corrected chi connectivity index (χ0v) is 11.2. The number of halogens is 3. The fourth-order valence-corrected chi connectivity index (χ4v) is 1.96. The molecule has 108 valence electrons. The molecule has 0 spiro atoms. The minimum atomic E-state index is -4.54. The minimum absolute atomic E-state index is 0.372. The van der Waals surface area contributed by atoms with Gasteiger partial charge in [-0.2, -0.15) is 18.4 Å². The Morgan fingerprint density at radius 1 is 1.19 bits per heavy atom. The number of alkyl halides is 3. The summed E-state index contributed by atoms with van der Waals surface area (Å²) in [6, 6.07) is 8.87. The van der Waals surface area contributed by atoms with E-state index in [1.54, 1.807) is 42.5 Å². The average Bonchev–Trinajstić information content (AvgIpc) is 2.46. The van der Waals surface area contributed by atoms with E-state index >= 15 is 0 Å². The summed E-state index contributed by atoms with van der Waals surface area (Å²) in [6.07, 6.45) is -1.29. The van der Waals surface area contributed by atoms with Crippen molar-refractivity contribution in [2.24, 2.45) is 0 Å². The maximum absolute atomic E-state index is 12.9. The van der Waals surface area contributed by atoms with Gasteiger partial charge in [-0.15, -0.1) is 0 Å². The Morgan fingerprint density at radius 3 is 2.43 bits per heavy atom. The third-order valence-corrected chi connectivity index (χ3v) is 3.04. The summed E-state index contributed by atoms with van der Waals surface area (Å²) >= 11 is 0. The molecule has 1 aromatic carbocycles. The van der Waals surface area contributed by atoms with Crippen LogP contribution in [0.4, 0.5) is 18.9 Å². The molecular formula is C15H12F3N3. The second kappa shape index (κ2) is 5.83. The third kappa shape index (κ3) is 3.51. The molecular weight excluding hydrogens is 279 g/mol. The molecule has 0 fully saturated rings. The van der Waals surface area contributed by atoms with Crippen molar-refractivity contribution >= 4 is 5.69 Å². The summed E-state index contributed by atoms with van der Waals surface area (Å²) in [5.41, 5.74) is 0.0520. The van der Waals surface area contributed by atoms with E-state index < -0.39 is 11.7 Å². The van der Waals surface area contributed by atoms with E-state index in [1.807, 2.05) is 0 Å². The fraction of sp³-hybridized carbons (Fsp3) is 0.200. The molecule has 0 saturated heterocycles. The number of nitrogens with zero attached hydrogens (tertiary/aromatic N) is 3. The number of rotatable bonds is 3.